The third-order valence-corrected chi connectivity index (χ3v) is 5.05. The average Bonchev–Trinajstić information content (AvgIpc) is 2.97. The summed E-state index contributed by atoms with van der Waals surface area (Å²) in [6.07, 6.45) is 3.53. The van der Waals surface area contributed by atoms with Crippen LogP contribution < -0.4 is 10.2 Å². The molecule has 0 aliphatic carbocycles. The van der Waals surface area contributed by atoms with E-state index in [1.54, 1.807) is 0 Å². The molecule has 3 rings (SSSR count). The third-order valence-electron chi connectivity index (χ3n) is 5.05. The molecule has 23 heavy (non-hydrogen) atoms. The second-order valence-electron chi connectivity index (χ2n) is 6.55. The highest BCUT2D eigenvalue weighted by atomic mass is 16.3. The van der Waals surface area contributed by atoms with Gasteiger partial charge < -0.3 is 20.3 Å². The fourth-order valence-electron chi connectivity index (χ4n) is 3.59. The lowest BCUT2D eigenvalue weighted by atomic mass is 9.96. The molecule has 0 saturated carbocycles. The Balaban J connectivity index is 2.18. The molecule has 0 spiro atoms. The quantitative estimate of drug-likeness (QED) is 0.812. The van der Waals surface area contributed by atoms with Crippen LogP contribution in [0.25, 0.3) is 10.9 Å². The molecule has 3 atom stereocenters. The summed E-state index contributed by atoms with van der Waals surface area (Å²) < 4.78 is 0. The van der Waals surface area contributed by atoms with E-state index in [4.69, 9.17) is 0 Å². The smallest absolute Gasteiger partial charge is 0.243 e. The number of aliphatic hydroxyl groups is 1. The zero-order chi connectivity index (χ0) is 16.6. The summed E-state index contributed by atoms with van der Waals surface area (Å²) in [5.74, 6) is 0.210. The van der Waals surface area contributed by atoms with Gasteiger partial charge >= 0.3 is 0 Å². The molecule has 2 aromatic rings. The number of aromatic nitrogens is 1. The molecule has 1 aliphatic rings. The van der Waals surface area contributed by atoms with Gasteiger partial charge in [-0.1, -0.05) is 26.3 Å². The van der Waals surface area contributed by atoms with E-state index in [0.29, 0.717) is 6.42 Å². The number of carbonyl (C=O) groups excluding carboxylic acids is 1. The van der Waals surface area contributed by atoms with E-state index in [1.807, 2.05) is 19.3 Å². The Bertz CT molecular complexity index is 709. The maximum absolute atomic E-state index is 12.8. The number of hydrogen-bond donors (Lipinski definition) is 3. The SMILES string of the molecule is CCC(C)C1C(=O)NC(CO)Cc2c[nH]c3cccc(c23)N1C. The van der Waals surface area contributed by atoms with Crippen LogP contribution in [-0.4, -0.2) is 41.7 Å². The Morgan fingerprint density at radius 1 is 1.43 bits per heavy atom. The second kappa shape index (κ2) is 6.24. The van der Waals surface area contributed by atoms with Crippen molar-refractivity contribution in [2.24, 2.45) is 5.92 Å². The minimum Gasteiger partial charge on any atom is -0.394 e. The van der Waals surface area contributed by atoms with Crippen LogP contribution in [0.2, 0.25) is 0 Å². The van der Waals surface area contributed by atoms with Crippen molar-refractivity contribution in [2.45, 2.75) is 38.8 Å². The van der Waals surface area contributed by atoms with E-state index in [9.17, 15) is 9.90 Å². The topological polar surface area (TPSA) is 68.4 Å². The van der Waals surface area contributed by atoms with Gasteiger partial charge in [-0.25, -0.2) is 0 Å². The van der Waals surface area contributed by atoms with E-state index in [2.05, 4.69) is 41.2 Å². The number of aromatic amines is 1. The van der Waals surface area contributed by atoms with Crippen molar-refractivity contribution in [1.82, 2.24) is 10.3 Å². The lowest BCUT2D eigenvalue weighted by Gasteiger charge is -2.33. The Labute approximate surface area is 136 Å². The van der Waals surface area contributed by atoms with E-state index in [1.165, 1.54) is 0 Å². The van der Waals surface area contributed by atoms with Crippen LogP contribution in [0, 0.1) is 5.92 Å². The van der Waals surface area contributed by atoms with E-state index < -0.39 is 0 Å². The zero-order valence-corrected chi connectivity index (χ0v) is 14.0. The monoisotopic (exact) mass is 315 g/mol. The average molecular weight is 315 g/mol. The standard InChI is InChI=1S/C18H25N3O2/c1-4-11(2)17-18(23)20-13(10-22)8-12-9-19-14-6-5-7-15(16(12)14)21(17)3/h5-7,9,11,13,17,19,22H,4,8,10H2,1-3H3,(H,20,23). The number of rotatable bonds is 3. The van der Waals surface area contributed by atoms with Crippen LogP contribution >= 0.6 is 0 Å². The summed E-state index contributed by atoms with van der Waals surface area (Å²) in [5, 5.41) is 13.8. The van der Waals surface area contributed by atoms with Gasteiger partial charge in [0.1, 0.15) is 6.04 Å². The van der Waals surface area contributed by atoms with Crippen molar-refractivity contribution in [3.8, 4) is 0 Å². The number of H-pyrrole nitrogens is 1. The van der Waals surface area contributed by atoms with Gasteiger partial charge in [0.25, 0.3) is 0 Å². The maximum atomic E-state index is 12.8. The summed E-state index contributed by atoms with van der Waals surface area (Å²) in [6.45, 7) is 4.15. The molecule has 1 aromatic carbocycles. The van der Waals surface area contributed by atoms with Crippen LogP contribution in [-0.2, 0) is 11.2 Å². The molecule has 2 heterocycles. The molecule has 5 nitrogen and oxygen atoms in total. The number of carbonyl (C=O) groups is 1. The molecule has 3 unspecified atom stereocenters. The van der Waals surface area contributed by atoms with Crippen molar-refractivity contribution in [3.63, 3.8) is 0 Å². The highest BCUT2D eigenvalue weighted by molar-refractivity contribution is 5.98. The Hall–Kier alpha value is -2.01. The van der Waals surface area contributed by atoms with Crippen molar-refractivity contribution >= 4 is 22.5 Å². The van der Waals surface area contributed by atoms with Crippen LogP contribution in [0.1, 0.15) is 25.8 Å². The van der Waals surface area contributed by atoms with Gasteiger partial charge in [-0.2, -0.15) is 0 Å². The van der Waals surface area contributed by atoms with Crippen molar-refractivity contribution < 1.29 is 9.90 Å². The fraction of sp³-hybridized carbons (Fsp3) is 0.500. The molecule has 0 bridgehead atoms. The van der Waals surface area contributed by atoms with Gasteiger partial charge in [0.05, 0.1) is 12.6 Å². The number of benzene rings is 1. The largest absolute Gasteiger partial charge is 0.394 e. The predicted octanol–water partition coefficient (Wildman–Crippen LogP) is 2.05. The Kier molecular flexibility index (Phi) is 4.31. The number of nitrogens with zero attached hydrogens (tertiary/aromatic N) is 1. The predicted molar refractivity (Wildman–Crippen MR) is 92.7 cm³/mol. The van der Waals surface area contributed by atoms with Gasteiger partial charge in [-0.3, -0.25) is 4.79 Å². The first-order chi connectivity index (χ1) is 11.1. The van der Waals surface area contributed by atoms with Crippen molar-refractivity contribution in [3.05, 3.63) is 30.0 Å². The van der Waals surface area contributed by atoms with Crippen LogP contribution in [0.5, 0.6) is 0 Å². The van der Waals surface area contributed by atoms with Crippen LogP contribution in [0.3, 0.4) is 0 Å². The number of likely N-dealkylation sites (N-methyl/N-ethyl adjacent to an activating group) is 1. The van der Waals surface area contributed by atoms with Crippen molar-refractivity contribution in [2.75, 3.05) is 18.6 Å². The van der Waals surface area contributed by atoms with E-state index in [0.717, 1.165) is 28.6 Å². The molecule has 0 radical (unpaired) electrons. The number of nitrogens with one attached hydrogen (secondary N) is 2. The Morgan fingerprint density at radius 3 is 2.91 bits per heavy atom. The molecule has 5 heteroatoms. The first-order valence-corrected chi connectivity index (χ1v) is 8.29. The molecular weight excluding hydrogens is 290 g/mol. The summed E-state index contributed by atoms with van der Waals surface area (Å²) >= 11 is 0. The zero-order valence-electron chi connectivity index (χ0n) is 14.0. The maximum Gasteiger partial charge on any atom is 0.243 e. The van der Waals surface area contributed by atoms with Gasteiger partial charge in [-0.15, -0.1) is 0 Å². The highest BCUT2D eigenvalue weighted by Crippen LogP contribution is 2.33. The van der Waals surface area contributed by atoms with Crippen molar-refractivity contribution in [1.29, 1.82) is 0 Å². The first kappa shape index (κ1) is 15.9. The summed E-state index contributed by atoms with van der Waals surface area (Å²) in [6, 6.07) is 5.63. The number of hydrogen-bond acceptors (Lipinski definition) is 3. The van der Waals surface area contributed by atoms with E-state index >= 15 is 0 Å². The van der Waals surface area contributed by atoms with Gasteiger partial charge in [-0.05, 0) is 30.0 Å². The molecule has 1 aliphatic heterocycles. The molecule has 1 aromatic heterocycles. The van der Waals surface area contributed by atoms with Gasteiger partial charge in [0.2, 0.25) is 5.91 Å². The molecule has 124 valence electrons. The van der Waals surface area contributed by atoms with E-state index in [-0.39, 0.29) is 30.5 Å². The molecule has 0 fully saturated rings. The lowest BCUT2D eigenvalue weighted by Crippen LogP contribution is -2.52. The molecule has 3 N–H and O–H groups in total. The first-order valence-electron chi connectivity index (χ1n) is 8.29. The second-order valence-corrected chi connectivity index (χ2v) is 6.55. The summed E-state index contributed by atoms with van der Waals surface area (Å²) in [4.78, 5) is 18.2. The number of anilines is 1. The minimum absolute atomic E-state index is 0.00737. The fourth-order valence-corrected chi connectivity index (χ4v) is 3.59. The van der Waals surface area contributed by atoms with Crippen LogP contribution in [0.15, 0.2) is 24.4 Å². The summed E-state index contributed by atoms with van der Waals surface area (Å²) in [5.41, 5.74) is 3.27. The number of amides is 1. The van der Waals surface area contributed by atoms with Gasteiger partial charge in [0.15, 0.2) is 0 Å². The Morgan fingerprint density at radius 2 is 2.22 bits per heavy atom. The minimum atomic E-state index is -0.257. The molecular formula is C18H25N3O2. The highest BCUT2D eigenvalue weighted by Gasteiger charge is 2.32. The molecule has 1 amide bonds. The van der Waals surface area contributed by atoms with Gasteiger partial charge in [0, 0.05) is 29.8 Å². The normalized spacial score (nSPS) is 23.1. The third kappa shape index (κ3) is 2.70. The number of aliphatic hydroxyl groups excluding tert-OH is 1. The molecule has 0 saturated heterocycles. The summed E-state index contributed by atoms with van der Waals surface area (Å²) in [7, 11) is 1.99. The lowest BCUT2D eigenvalue weighted by molar-refractivity contribution is -0.124. The van der Waals surface area contributed by atoms with Crippen LogP contribution in [0.4, 0.5) is 5.69 Å².